The van der Waals surface area contributed by atoms with Gasteiger partial charge >= 0.3 is 6.01 Å². The number of carbonyl (C=O) groups is 1. The number of aromatic nitrogens is 4. The maximum Gasteiger partial charge on any atom is 0.306 e. The van der Waals surface area contributed by atoms with Crippen molar-refractivity contribution < 1.29 is 9.53 Å². The van der Waals surface area contributed by atoms with E-state index in [2.05, 4.69) is 15.2 Å². The maximum absolute atomic E-state index is 13.3. The highest BCUT2D eigenvalue weighted by Crippen LogP contribution is 2.27. The molecule has 0 saturated carbocycles. The Morgan fingerprint density at radius 3 is 2.55 bits per heavy atom. The number of imidazole rings is 1. The molecular weight excluding hydrogens is 422 g/mol. The summed E-state index contributed by atoms with van der Waals surface area (Å²) in [7, 11) is 1.63. The van der Waals surface area contributed by atoms with Crippen LogP contribution in [-0.2, 0) is 13.6 Å². The second-order valence-electron chi connectivity index (χ2n) is 8.42. The average molecular weight is 452 g/mol. The first-order valence-electron chi connectivity index (χ1n) is 11.6. The molecule has 0 unspecified atom stereocenters. The Morgan fingerprint density at radius 2 is 1.82 bits per heavy atom. The molecule has 3 aromatic rings. The second-order valence-corrected chi connectivity index (χ2v) is 8.42. The lowest BCUT2D eigenvalue weighted by molar-refractivity contribution is 0.0790. The zero-order chi connectivity index (χ0) is 22.9. The van der Waals surface area contributed by atoms with Crippen LogP contribution in [0.1, 0.15) is 30.1 Å². The fraction of sp³-hybridized carbons (Fsp3) is 0.478. The molecule has 0 radical (unpaired) electrons. The molecule has 10 heteroatoms. The molecule has 1 N–H and O–H groups in total. The monoisotopic (exact) mass is 451 g/mol. The first-order valence-corrected chi connectivity index (χ1v) is 11.6. The van der Waals surface area contributed by atoms with Crippen LogP contribution in [0.2, 0.25) is 0 Å². The van der Waals surface area contributed by atoms with E-state index in [0.717, 1.165) is 58.1 Å². The van der Waals surface area contributed by atoms with Crippen molar-refractivity contribution in [1.82, 2.24) is 29.3 Å². The number of para-hydroxylation sites is 1. The number of benzene rings is 1. The minimum absolute atomic E-state index is 0.0644. The van der Waals surface area contributed by atoms with Gasteiger partial charge in [0.25, 0.3) is 11.5 Å². The molecule has 2 saturated heterocycles. The smallest absolute Gasteiger partial charge is 0.306 e. The number of hydrogen-bond donors (Lipinski definition) is 1. The van der Waals surface area contributed by atoms with E-state index < -0.39 is 0 Å². The van der Waals surface area contributed by atoms with E-state index in [1.54, 1.807) is 25.2 Å². The molecule has 1 amide bonds. The van der Waals surface area contributed by atoms with E-state index in [1.807, 2.05) is 22.5 Å². The second kappa shape index (κ2) is 8.86. The predicted molar refractivity (Wildman–Crippen MR) is 125 cm³/mol. The number of ether oxygens (including phenoxy) is 1. The number of nitrogens with one attached hydrogen (secondary N) is 1. The van der Waals surface area contributed by atoms with Crippen molar-refractivity contribution in [2.24, 2.45) is 7.05 Å². The van der Waals surface area contributed by atoms with Crippen LogP contribution in [-0.4, -0.2) is 69.2 Å². The van der Waals surface area contributed by atoms with Crippen molar-refractivity contribution in [3.63, 3.8) is 0 Å². The van der Waals surface area contributed by atoms with Gasteiger partial charge in [0.1, 0.15) is 5.75 Å². The van der Waals surface area contributed by atoms with Gasteiger partial charge < -0.3 is 24.4 Å². The van der Waals surface area contributed by atoms with Crippen LogP contribution < -0.4 is 20.5 Å². The molecule has 0 aliphatic carbocycles. The average Bonchev–Trinajstić information content (AvgIpc) is 3.51. The summed E-state index contributed by atoms with van der Waals surface area (Å²) in [4.78, 5) is 39.6. The van der Waals surface area contributed by atoms with Gasteiger partial charge in [-0.05, 0) is 31.9 Å². The number of rotatable bonds is 5. The SMILES string of the molecule is CCn1c(N2CCNCC2)nc2nc(Oc3ccccc3C(=O)N3CCCC3)n(C)c(=O)c21. The topological polar surface area (TPSA) is 97.5 Å². The van der Waals surface area contributed by atoms with Gasteiger partial charge in [-0.25, -0.2) is 0 Å². The van der Waals surface area contributed by atoms with Gasteiger partial charge in [0.15, 0.2) is 11.2 Å². The quantitative estimate of drug-likeness (QED) is 0.629. The third-order valence-corrected chi connectivity index (χ3v) is 6.35. The van der Waals surface area contributed by atoms with Gasteiger partial charge in [-0.3, -0.25) is 14.2 Å². The number of carbonyl (C=O) groups excluding carboxylic acids is 1. The van der Waals surface area contributed by atoms with Crippen molar-refractivity contribution in [3.05, 3.63) is 40.2 Å². The third kappa shape index (κ3) is 3.84. The van der Waals surface area contributed by atoms with Crippen LogP contribution in [0, 0.1) is 0 Å². The number of anilines is 1. The van der Waals surface area contributed by atoms with Gasteiger partial charge in [-0.1, -0.05) is 12.1 Å². The van der Waals surface area contributed by atoms with Crippen LogP contribution in [0.15, 0.2) is 29.1 Å². The molecule has 10 nitrogen and oxygen atoms in total. The van der Waals surface area contributed by atoms with Crippen molar-refractivity contribution in [2.45, 2.75) is 26.3 Å². The van der Waals surface area contributed by atoms with Gasteiger partial charge in [0.05, 0.1) is 5.56 Å². The van der Waals surface area contributed by atoms with Crippen LogP contribution in [0.4, 0.5) is 5.95 Å². The molecule has 0 spiro atoms. The van der Waals surface area contributed by atoms with Crippen molar-refractivity contribution >= 4 is 23.0 Å². The maximum atomic E-state index is 13.3. The largest absolute Gasteiger partial charge is 0.425 e. The fourth-order valence-electron chi connectivity index (χ4n) is 4.55. The molecule has 2 fully saturated rings. The Balaban J connectivity index is 1.54. The number of amides is 1. The summed E-state index contributed by atoms with van der Waals surface area (Å²) < 4.78 is 9.37. The van der Waals surface area contributed by atoms with Crippen molar-refractivity contribution in [1.29, 1.82) is 0 Å². The number of fused-ring (bicyclic) bond motifs is 1. The van der Waals surface area contributed by atoms with Crippen LogP contribution in [0.3, 0.4) is 0 Å². The normalized spacial score (nSPS) is 16.5. The van der Waals surface area contributed by atoms with E-state index in [0.29, 0.717) is 29.0 Å². The lowest BCUT2D eigenvalue weighted by atomic mass is 10.2. The number of nitrogens with zero attached hydrogens (tertiary/aromatic N) is 6. The molecule has 2 aliphatic heterocycles. The summed E-state index contributed by atoms with van der Waals surface area (Å²) in [6.07, 6.45) is 2.02. The Bertz CT molecular complexity index is 1240. The minimum atomic E-state index is -0.228. The van der Waals surface area contributed by atoms with Gasteiger partial charge in [-0.15, -0.1) is 0 Å². The number of aryl methyl sites for hydroxylation is 1. The third-order valence-electron chi connectivity index (χ3n) is 6.35. The first-order chi connectivity index (χ1) is 16.1. The molecular formula is C23H29N7O3. The molecule has 174 valence electrons. The Hall–Kier alpha value is -3.40. The molecule has 0 bridgehead atoms. The van der Waals surface area contributed by atoms with Crippen LogP contribution in [0.5, 0.6) is 11.8 Å². The summed E-state index contributed by atoms with van der Waals surface area (Å²) >= 11 is 0. The molecule has 4 heterocycles. The number of hydrogen-bond acceptors (Lipinski definition) is 7. The summed E-state index contributed by atoms with van der Waals surface area (Å²) in [6.45, 7) is 7.48. The molecule has 0 atom stereocenters. The molecule has 2 aliphatic rings. The highest BCUT2D eigenvalue weighted by Gasteiger charge is 2.25. The number of likely N-dealkylation sites (tertiary alicyclic amines) is 1. The highest BCUT2D eigenvalue weighted by molar-refractivity contribution is 5.97. The molecule has 2 aromatic heterocycles. The zero-order valence-electron chi connectivity index (χ0n) is 19.1. The highest BCUT2D eigenvalue weighted by atomic mass is 16.5. The molecule has 5 rings (SSSR count). The zero-order valence-corrected chi connectivity index (χ0v) is 19.1. The minimum Gasteiger partial charge on any atom is -0.425 e. The number of piperazine rings is 1. The predicted octanol–water partition coefficient (Wildman–Crippen LogP) is 1.59. The summed E-state index contributed by atoms with van der Waals surface area (Å²) in [5.41, 5.74) is 1.05. The lowest BCUT2D eigenvalue weighted by Crippen LogP contribution is -2.44. The Labute approximate surface area is 191 Å². The summed E-state index contributed by atoms with van der Waals surface area (Å²) in [5.74, 6) is 1.07. The van der Waals surface area contributed by atoms with E-state index in [4.69, 9.17) is 9.72 Å². The lowest BCUT2D eigenvalue weighted by Gasteiger charge is -2.28. The Kier molecular flexibility index (Phi) is 5.76. The van der Waals surface area contributed by atoms with Gasteiger partial charge in [0, 0.05) is 52.9 Å². The standard InChI is InChI=1S/C23H29N7O3/c1-3-30-18-19(25-22(30)29-14-10-24-11-15-29)26-23(27(2)21(18)32)33-17-9-5-4-8-16(17)20(31)28-12-6-7-13-28/h4-5,8-9,24H,3,6-7,10-15H2,1-2H3. The van der Waals surface area contributed by atoms with Gasteiger partial charge in [-0.2, -0.15) is 9.97 Å². The summed E-state index contributed by atoms with van der Waals surface area (Å²) in [5, 5.41) is 3.34. The van der Waals surface area contributed by atoms with E-state index in [1.165, 1.54) is 4.57 Å². The van der Waals surface area contributed by atoms with Crippen LogP contribution >= 0.6 is 0 Å². The summed E-state index contributed by atoms with van der Waals surface area (Å²) in [6, 6.07) is 7.22. The fourth-order valence-corrected chi connectivity index (χ4v) is 4.55. The van der Waals surface area contributed by atoms with Gasteiger partial charge in [0.2, 0.25) is 5.95 Å². The molecule has 33 heavy (non-hydrogen) atoms. The van der Waals surface area contributed by atoms with Crippen molar-refractivity contribution in [2.75, 3.05) is 44.2 Å². The molecule has 1 aromatic carbocycles. The first kappa shape index (κ1) is 21.4. The Morgan fingerprint density at radius 1 is 1.09 bits per heavy atom. The van der Waals surface area contributed by atoms with E-state index >= 15 is 0 Å². The van der Waals surface area contributed by atoms with Crippen LogP contribution in [0.25, 0.3) is 11.2 Å². The van der Waals surface area contributed by atoms with E-state index in [-0.39, 0.29) is 17.5 Å². The van der Waals surface area contributed by atoms with E-state index in [9.17, 15) is 9.59 Å². The van der Waals surface area contributed by atoms with Crippen molar-refractivity contribution in [3.8, 4) is 11.8 Å².